The second-order valence-electron chi connectivity index (χ2n) is 9.12. The van der Waals surface area contributed by atoms with Gasteiger partial charge in [0.25, 0.3) is 0 Å². The summed E-state index contributed by atoms with van der Waals surface area (Å²) >= 11 is 1.65. The lowest BCUT2D eigenvalue weighted by Crippen LogP contribution is -2.35. The molecule has 2 aliphatic rings. The van der Waals surface area contributed by atoms with E-state index in [-0.39, 0.29) is 5.56 Å². The van der Waals surface area contributed by atoms with Crippen molar-refractivity contribution in [2.75, 3.05) is 36.8 Å². The largest absolute Gasteiger partial charge is 0.416 e. The molecule has 2 fully saturated rings. The van der Waals surface area contributed by atoms with E-state index in [1.54, 1.807) is 36.2 Å². The number of hydrogen-bond acceptors (Lipinski definition) is 6. The zero-order valence-electron chi connectivity index (χ0n) is 19.3. The Morgan fingerprint density at radius 2 is 1.94 bits per heavy atom. The molecule has 1 N–H and O–H groups in total. The molecule has 4 heterocycles. The third-order valence-electron chi connectivity index (χ3n) is 6.87. The molecule has 0 bridgehead atoms. The van der Waals surface area contributed by atoms with Crippen molar-refractivity contribution in [1.29, 1.82) is 0 Å². The number of nitrogens with zero attached hydrogens (tertiary/aromatic N) is 5. The summed E-state index contributed by atoms with van der Waals surface area (Å²) in [5.41, 5.74) is 0.834. The minimum atomic E-state index is -4.30. The highest BCUT2D eigenvalue weighted by Gasteiger charge is 2.41. The minimum Gasteiger partial charge on any atom is -0.367 e. The van der Waals surface area contributed by atoms with E-state index in [0.29, 0.717) is 17.8 Å². The average Bonchev–Trinajstić information content (AvgIpc) is 3.51. The number of fused-ring (bicyclic) bond motifs is 1. The lowest BCUT2D eigenvalue weighted by atomic mass is 10.0. The first-order valence-electron chi connectivity index (χ1n) is 11.7. The summed E-state index contributed by atoms with van der Waals surface area (Å²) in [5.74, 6) is 2.12. The number of halogens is 3. The molecule has 7 nitrogen and oxygen atoms in total. The lowest BCUT2D eigenvalue weighted by molar-refractivity contribution is -0.137. The summed E-state index contributed by atoms with van der Waals surface area (Å²) in [4.78, 5) is 18.9. The lowest BCUT2D eigenvalue weighted by Gasteiger charge is -2.27. The predicted octanol–water partition coefficient (Wildman–Crippen LogP) is 3.88. The second-order valence-corrected chi connectivity index (χ2v) is 10.2. The van der Waals surface area contributed by atoms with Crippen molar-refractivity contribution >= 4 is 17.4 Å². The first-order chi connectivity index (χ1) is 16.8. The van der Waals surface area contributed by atoms with Gasteiger partial charge in [-0.15, -0.1) is 10.2 Å². The molecule has 1 aromatic carbocycles. The van der Waals surface area contributed by atoms with Gasteiger partial charge in [-0.25, -0.2) is 0 Å². The summed E-state index contributed by atoms with van der Waals surface area (Å²) in [5, 5.41) is 9.33. The summed E-state index contributed by atoms with van der Waals surface area (Å²) in [6.45, 7) is 3.84. The maximum absolute atomic E-state index is 12.9. The van der Waals surface area contributed by atoms with Crippen molar-refractivity contribution in [3.63, 3.8) is 0 Å². The molecule has 2 aromatic heterocycles. The Labute approximate surface area is 205 Å². The number of thioether (sulfide) groups is 1. The van der Waals surface area contributed by atoms with Gasteiger partial charge in [-0.1, -0.05) is 11.8 Å². The smallest absolute Gasteiger partial charge is 0.367 e. The SMILES string of the molecule is Cn1c(SCCCN2C[C@H]3CCN(c4ccc(C(F)(F)F)cc4)[C@H]3C2)nnc1-c1cc[nH]c(=O)c1. The number of nitrogens with one attached hydrogen (secondary N) is 1. The molecule has 186 valence electrons. The van der Waals surface area contributed by atoms with Gasteiger partial charge in [-0.3, -0.25) is 4.79 Å². The van der Waals surface area contributed by atoms with Crippen molar-refractivity contribution in [3.8, 4) is 11.4 Å². The number of benzene rings is 1. The number of H-pyrrole nitrogens is 1. The third-order valence-corrected chi connectivity index (χ3v) is 7.97. The minimum absolute atomic E-state index is 0.174. The Kier molecular flexibility index (Phi) is 6.63. The Bertz CT molecular complexity index is 1220. The fraction of sp³-hybridized carbons (Fsp3) is 0.458. The van der Waals surface area contributed by atoms with Crippen molar-refractivity contribution in [3.05, 3.63) is 58.5 Å². The van der Waals surface area contributed by atoms with Crippen LogP contribution >= 0.6 is 11.8 Å². The highest BCUT2D eigenvalue weighted by Crippen LogP contribution is 2.37. The van der Waals surface area contributed by atoms with Crippen molar-refractivity contribution in [2.24, 2.45) is 13.0 Å². The van der Waals surface area contributed by atoms with Crippen LogP contribution in [0.1, 0.15) is 18.4 Å². The van der Waals surface area contributed by atoms with Crippen molar-refractivity contribution in [2.45, 2.75) is 30.2 Å². The Balaban J connectivity index is 1.12. The van der Waals surface area contributed by atoms with Crippen LogP contribution in [-0.2, 0) is 13.2 Å². The molecule has 11 heteroatoms. The van der Waals surface area contributed by atoms with Gasteiger partial charge in [0, 0.05) is 62.0 Å². The van der Waals surface area contributed by atoms with Gasteiger partial charge >= 0.3 is 6.18 Å². The maximum Gasteiger partial charge on any atom is 0.416 e. The Hall–Kier alpha value is -2.79. The Morgan fingerprint density at radius 1 is 1.14 bits per heavy atom. The van der Waals surface area contributed by atoms with Crippen molar-refractivity contribution in [1.82, 2.24) is 24.6 Å². The fourth-order valence-corrected chi connectivity index (χ4v) is 5.96. The summed E-state index contributed by atoms with van der Waals surface area (Å²) in [6, 6.07) is 9.24. The number of alkyl halides is 3. The van der Waals surface area contributed by atoms with Gasteiger partial charge in [0.15, 0.2) is 11.0 Å². The second kappa shape index (κ2) is 9.69. The number of aromatic nitrogens is 4. The van der Waals surface area contributed by atoms with E-state index in [9.17, 15) is 18.0 Å². The molecule has 0 amide bonds. The van der Waals surface area contributed by atoms with Crippen LogP contribution in [0.3, 0.4) is 0 Å². The summed E-state index contributed by atoms with van der Waals surface area (Å²) < 4.78 is 40.6. The van der Waals surface area contributed by atoms with E-state index < -0.39 is 11.7 Å². The number of hydrogen-bond donors (Lipinski definition) is 1. The molecule has 2 saturated heterocycles. The number of rotatable bonds is 7. The maximum atomic E-state index is 12.9. The van der Waals surface area contributed by atoms with Crippen LogP contribution in [0.4, 0.5) is 18.9 Å². The van der Waals surface area contributed by atoms with E-state index >= 15 is 0 Å². The topological polar surface area (TPSA) is 70.0 Å². The molecule has 0 radical (unpaired) electrons. The predicted molar refractivity (Wildman–Crippen MR) is 130 cm³/mol. The van der Waals surface area contributed by atoms with Crippen molar-refractivity contribution < 1.29 is 13.2 Å². The van der Waals surface area contributed by atoms with Gasteiger partial charge in [-0.05, 0) is 55.6 Å². The molecule has 35 heavy (non-hydrogen) atoms. The standard InChI is InChI=1S/C24H27F3N6OS/c1-31-22(16-7-9-28-21(34)13-16)29-30-23(31)35-12-2-10-32-14-17-8-11-33(20(17)15-32)19-5-3-18(4-6-19)24(25,26)27/h3-7,9,13,17,20H,2,8,10-12,14-15H2,1H3,(H,28,34)/t17-,20+/m1/s1. The number of aromatic amines is 1. The van der Waals surface area contributed by atoms with Gasteiger partial charge in [-0.2, -0.15) is 13.2 Å². The first-order valence-corrected chi connectivity index (χ1v) is 12.7. The quantitative estimate of drug-likeness (QED) is 0.389. The molecule has 3 aromatic rings. The van der Waals surface area contributed by atoms with Crippen LogP contribution in [0, 0.1) is 5.92 Å². The zero-order chi connectivity index (χ0) is 24.6. The molecule has 0 aliphatic carbocycles. The molecule has 2 aliphatic heterocycles. The third kappa shape index (κ3) is 5.11. The van der Waals surface area contributed by atoms with E-state index in [1.807, 2.05) is 11.6 Å². The van der Waals surface area contributed by atoms with E-state index in [0.717, 1.165) is 61.2 Å². The molecular formula is C24H27F3N6OS. The van der Waals surface area contributed by atoms with Gasteiger partial charge < -0.3 is 19.4 Å². The van der Waals surface area contributed by atoms with Gasteiger partial charge in [0.05, 0.1) is 5.56 Å². The first kappa shape index (κ1) is 23.9. The normalized spacial score (nSPS) is 20.5. The molecule has 0 saturated carbocycles. The fourth-order valence-electron chi connectivity index (χ4n) is 5.12. The summed E-state index contributed by atoms with van der Waals surface area (Å²) in [6.07, 6.45) is -0.636. The highest BCUT2D eigenvalue weighted by molar-refractivity contribution is 7.99. The number of pyridine rings is 1. The van der Waals surface area contributed by atoms with Gasteiger partial charge in [0.1, 0.15) is 0 Å². The molecular weight excluding hydrogens is 477 g/mol. The summed E-state index contributed by atoms with van der Waals surface area (Å²) in [7, 11) is 1.90. The van der Waals surface area contributed by atoms with Gasteiger partial charge in [0.2, 0.25) is 5.56 Å². The molecule has 2 atom stereocenters. The number of anilines is 1. The average molecular weight is 505 g/mol. The van der Waals surface area contributed by atoms with Crippen LogP contribution < -0.4 is 10.5 Å². The highest BCUT2D eigenvalue weighted by atomic mass is 32.2. The monoisotopic (exact) mass is 504 g/mol. The van der Waals surface area contributed by atoms with E-state index in [2.05, 4.69) is 25.0 Å². The Morgan fingerprint density at radius 3 is 2.69 bits per heavy atom. The van der Waals surface area contributed by atoms with Crippen LogP contribution in [-0.4, -0.2) is 62.6 Å². The van der Waals surface area contributed by atoms with E-state index in [1.165, 1.54) is 18.2 Å². The van der Waals surface area contributed by atoms with Crippen LogP contribution in [0.25, 0.3) is 11.4 Å². The van der Waals surface area contributed by atoms with Crippen LogP contribution in [0.2, 0.25) is 0 Å². The van der Waals surface area contributed by atoms with E-state index in [4.69, 9.17) is 0 Å². The number of likely N-dealkylation sites (tertiary alicyclic amines) is 1. The zero-order valence-corrected chi connectivity index (χ0v) is 20.1. The molecule has 0 spiro atoms. The van der Waals surface area contributed by atoms with Crippen LogP contribution in [0.15, 0.2) is 52.5 Å². The van der Waals surface area contributed by atoms with Crippen LogP contribution in [0.5, 0.6) is 0 Å². The molecule has 5 rings (SSSR count). The molecule has 0 unspecified atom stereocenters.